The molecule has 1 rings (SSSR count). The van der Waals surface area contributed by atoms with Crippen LogP contribution in [0.1, 0.15) is 39.5 Å². The molecule has 110 valence electrons. The molecule has 0 aliphatic carbocycles. The van der Waals surface area contributed by atoms with Gasteiger partial charge in [-0.1, -0.05) is 13.3 Å². The molecular formula is C14H25NO3S. The molecule has 1 fully saturated rings. The van der Waals surface area contributed by atoms with Crippen LogP contribution in [0.5, 0.6) is 0 Å². The van der Waals surface area contributed by atoms with Gasteiger partial charge in [-0.25, -0.2) is 0 Å². The predicted octanol–water partition coefficient (Wildman–Crippen LogP) is 2.32. The number of thioether (sulfide) groups is 1. The van der Waals surface area contributed by atoms with Gasteiger partial charge in [-0.3, -0.25) is 9.59 Å². The summed E-state index contributed by atoms with van der Waals surface area (Å²) in [6.07, 6.45) is 4.06. The molecule has 1 aliphatic heterocycles. The van der Waals surface area contributed by atoms with Crippen LogP contribution in [0.4, 0.5) is 0 Å². The number of piperidine rings is 1. The van der Waals surface area contributed by atoms with Crippen molar-refractivity contribution < 1.29 is 14.3 Å². The topological polar surface area (TPSA) is 46.6 Å². The van der Waals surface area contributed by atoms with Gasteiger partial charge in [-0.2, -0.15) is 11.8 Å². The van der Waals surface area contributed by atoms with Gasteiger partial charge in [-0.15, -0.1) is 0 Å². The Labute approximate surface area is 120 Å². The summed E-state index contributed by atoms with van der Waals surface area (Å²) in [4.78, 5) is 25.6. The van der Waals surface area contributed by atoms with Gasteiger partial charge in [0, 0.05) is 13.1 Å². The Bertz CT molecular complexity index is 296. The maximum Gasteiger partial charge on any atom is 0.310 e. The fourth-order valence-corrected chi connectivity index (χ4v) is 3.15. The smallest absolute Gasteiger partial charge is 0.310 e. The van der Waals surface area contributed by atoms with Gasteiger partial charge < -0.3 is 9.64 Å². The Hall–Kier alpha value is -0.710. The Morgan fingerprint density at radius 2 is 2.16 bits per heavy atom. The minimum absolute atomic E-state index is 0.127. The van der Waals surface area contributed by atoms with Crippen molar-refractivity contribution in [3.63, 3.8) is 0 Å². The van der Waals surface area contributed by atoms with Gasteiger partial charge in [0.1, 0.15) is 0 Å². The summed E-state index contributed by atoms with van der Waals surface area (Å²) < 4.78 is 5.04. The van der Waals surface area contributed by atoms with Crippen molar-refractivity contribution in [3.8, 4) is 0 Å². The fourth-order valence-electron chi connectivity index (χ4n) is 2.15. The van der Waals surface area contributed by atoms with Crippen LogP contribution in [0.25, 0.3) is 0 Å². The molecule has 0 spiro atoms. The van der Waals surface area contributed by atoms with Crippen LogP contribution in [-0.2, 0) is 14.3 Å². The highest BCUT2D eigenvalue weighted by Gasteiger charge is 2.28. The average Bonchev–Trinajstić information content (AvgIpc) is 2.44. The molecule has 0 bridgehead atoms. The summed E-state index contributed by atoms with van der Waals surface area (Å²) in [6.45, 7) is 5.69. The molecule has 19 heavy (non-hydrogen) atoms. The van der Waals surface area contributed by atoms with Gasteiger partial charge in [0.2, 0.25) is 5.91 Å². The van der Waals surface area contributed by atoms with Crippen LogP contribution in [0.2, 0.25) is 0 Å². The molecule has 1 unspecified atom stereocenters. The highest BCUT2D eigenvalue weighted by atomic mass is 32.2. The third kappa shape index (κ3) is 5.85. The monoisotopic (exact) mass is 287 g/mol. The standard InChI is InChI=1S/C14H25NO3S/c1-3-5-9-19-11-13(16)15-8-6-7-12(10-15)14(17)18-4-2/h12H,3-11H2,1-2H3. The van der Waals surface area contributed by atoms with Gasteiger partial charge >= 0.3 is 5.97 Å². The molecule has 1 aliphatic rings. The first-order chi connectivity index (χ1) is 9.19. The third-order valence-electron chi connectivity index (χ3n) is 3.26. The highest BCUT2D eigenvalue weighted by Crippen LogP contribution is 2.19. The van der Waals surface area contributed by atoms with E-state index >= 15 is 0 Å². The second kappa shape index (κ2) is 9.23. The number of rotatable bonds is 7. The quantitative estimate of drug-likeness (QED) is 0.532. The van der Waals surface area contributed by atoms with Crippen LogP contribution in [0.3, 0.4) is 0 Å². The van der Waals surface area contributed by atoms with Crippen molar-refractivity contribution in [3.05, 3.63) is 0 Å². The summed E-state index contributed by atoms with van der Waals surface area (Å²) in [5.74, 6) is 1.46. The second-order valence-electron chi connectivity index (χ2n) is 4.84. The van der Waals surface area contributed by atoms with Crippen molar-refractivity contribution >= 4 is 23.6 Å². The normalized spacial score (nSPS) is 19.3. The number of ether oxygens (including phenoxy) is 1. The molecule has 4 nitrogen and oxygen atoms in total. The molecule has 5 heteroatoms. The number of hydrogen-bond acceptors (Lipinski definition) is 4. The summed E-state index contributed by atoms with van der Waals surface area (Å²) in [5.41, 5.74) is 0. The molecule has 0 aromatic rings. The van der Waals surface area contributed by atoms with Crippen LogP contribution in [-0.4, -0.2) is 48.0 Å². The van der Waals surface area contributed by atoms with E-state index in [1.807, 2.05) is 11.8 Å². The zero-order chi connectivity index (χ0) is 14.1. The maximum absolute atomic E-state index is 12.0. The van der Waals surface area contributed by atoms with Gasteiger partial charge in [0.15, 0.2) is 0 Å². The van der Waals surface area contributed by atoms with E-state index in [4.69, 9.17) is 4.74 Å². The number of hydrogen-bond donors (Lipinski definition) is 0. The summed E-state index contributed by atoms with van der Waals surface area (Å²) in [7, 11) is 0. The molecule has 0 saturated carbocycles. The number of amides is 1. The average molecular weight is 287 g/mol. The molecule has 0 aromatic carbocycles. The summed E-state index contributed by atoms with van der Waals surface area (Å²) in [6, 6.07) is 0. The number of carbonyl (C=O) groups is 2. The molecule has 0 radical (unpaired) electrons. The summed E-state index contributed by atoms with van der Waals surface area (Å²) in [5, 5.41) is 0. The zero-order valence-corrected chi connectivity index (χ0v) is 12.8. The van der Waals surface area contributed by atoms with E-state index in [-0.39, 0.29) is 17.8 Å². The van der Waals surface area contributed by atoms with E-state index in [9.17, 15) is 9.59 Å². The van der Waals surface area contributed by atoms with Crippen molar-refractivity contribution in [1.29, 1.82) is 0 Å². The lowest BCUT2D eigenvalue weighted by Gasteiger charge is -2.31. The van der Waals surface area contributed by atoms with Gasteiger partial charge in [0.05, 0.1) is 18.3 Å². The minimum Gasteiger partial charge on any atom is -0.466 e. The van der Waals surface area contributed by atoms with Crippen molar-refractivity contribution in [2.24, 2.45) is 5.92 Å². The molecule has 0 N–H and O–H groups in total. The summed E-state index contributed by atoms with van der Waals surface area (Å²) >= 11 is 1.69. The number of carbonyl (C=O) groups excluding carboxylic acids is 2. The first-order valence-corrected chi connectivity index (χ1v) is 8.36. The first kappa shape index (κ1) is 16.3. The molecule has 1 heterocycles. The first-order valence-electron chi connectivity index (χ1n) is 7.21. The third-order valence-corrected chi connectivity index (χ3v) is 4.29. The van der Waals surface area contributed by atoms with E-state index < -0.39 is 0 Å². The lowest BCUT2D eigenvalue weighted by atomic mass is 9.98. The van der Waals surface area contributed by atoms with Gasteiger partial charge in [0.25, 0.3) is 0 Å². The Morgan fingerprint density at radius 1 is 1.37 bits per heavy atom. The largest absolute Gasteiger partial charge is 0.466 e. The second-order valence-corrected chi connectivity index (χ2v) is 5.94. The Morgan fingerprint density at radius 3 is 2.84 bits per heavy atom. The highest BCUT2D eigenvalue weighted by molar-refractivity contribution is 7.99. The lowest BCUT2D eigenvalue weighted by molar-refractivity contribution is -0.151. The number of nitrogens with zero attached hydrogens (tertiary/aromatic N) is 1. The number of esters is 1. The van der Waals surface area contributed by atoms with Crippen molar-refractivity contribution in [1.82, 2.24) is 4.90 Å². The minimum atomic E-state index is -0.154. The zero-order valence-electron chi connectivity index (χ0n) is 12.0. The van der Waals surface area contributed by atoms with E-state index in [0.29, 0.717) is 18.9 Å². The van der Waals surface area contributed by atoms with Crippen molar-refractivity contribution in [2.75, 3.05) is 31.2 Å². The lowest BCUT2D eigenvalue weighted by Crippen LogP contribution is -2.43. The maximum atomic E-state index is 12.0. The van der Waals surface area contributed by atoms with E-state index in [0.717, 1.165) is 38.0 Å². The number of likely N-dealkylation sites (tertiary alicyclic amines) is 1. The van der Waals surface area contributed by atoms with Crippen LogP contribution in [0, 0.1) is 5.92 Å². The fraction of sp³-hybridized carbons (Fsp3) is 0.857. The number of unbranched alkanes of at least 4 members (excludes halogenated alkanes) is 1. The molecule has 1 saturated heterocycles. The van der Waals surface area contributed by atoms with E-state index in [1.54, 1.807) is 11.8 Å². The van der Waals surface area contributed by atoms with Gasteiger partial charge in [-0.05, 0) is 31.9 Å². The molecule has 1 atom stereocenters. The SMILES string of the molecule is CCCCSCC(=O)N1CCCC(C(=O)OCC)C1. The van der Waals surface area contributed by atoms with E-state index in [2.05, 4.69) is 6.92 Å². The van der Waals surface area contributed by atoms with Crippen LogP contribution >= 0.6 is 11.8 Å². The molecule has 0 aromatic heterocycles. The molecular weight excluding hydrogens is 262 g/mol. The van der Waals surface area contributed by atoms with Crippen LogP contribution < -0.4 is 0 Å². The Kier molecular flexibility index (Phi) is 7.94. The van der Waals surface area contributed by atoms with Crippen molar-refractivity contribution in [2.45, 2.75) is 39.5 Å². The Balaban J connectivity index is 2.32. The molecule has 1 amide bonds. The predicted molar refractivity (Wildman–Crippen MR) is 78.2 cm³/mol. The van der Waals surface area contributed by atoms with Crippen LogP contribution in [0.15, 0.2) is 0 Å². The van der Waals surface area contributed by atoms with E-state index in [1.165, 1.54) is 0 Å².